The molecular formula is C24H33NO4. The fraction of sp³-hybridized carbons (Fsp3) is 0.458. The Bertz CT molecular complexity index is 814. The summed E-state index contributed by atoms with van der Waals surface area (Å²) < 4.78 is 16.6. The topological polar surface area (TPSA) is 56.8 Å². The molecule has 0 saturated heterocycles. The molecule has 0 heterocycles. The molecule has 2 unspecified atom stereocenters. The first kappa shape index (κ1) is 22.6. The van der Waals surface area contributed by atoms with Gasteiger partial charge in [0.25, 0.3) is 5.91 Å². The van der Waals surface area contributed by atoms with Crippen molar-refractivity contribution in [3.05, 3.63) is 53.1 Å². The quantitative estimate of drug-likeness (QED) is 0.632. The second-order valence-corrected chi connectivity index (χ2v) is 7.53. The minimum absolute atomic E-state index is 0.128. The van der Waals surface area contributed by atoms with E-state index in [-0.39, 0.29) is 11.9 Å². The van der Waals surface area contributed by atoms with Gasteiger partial charge in [0, 0.05) is 0 Å². The maximum Gasteiger partial charge on any atom is 0.261 e. The zero-order valence-corrected chi connectivity index (χ0v) is 18.5. The fourth-order valence-electron chi connectivity index (χ4n) is 3.34. The molecule has 5 nitrogen and oxygen atoms in total. The van der Waals surface area contributed by atoms with Crippen molar-refractivity contribution >= 4 is 5.91 Å². The lowest BCUT2D eigenvalue weighted by molar-refractivity contribution is -0.128. The number of amides is 1. The Morgan fingerprint density at radius 2 is 1.59 bits per heavy atom. The van der Waals surface area contributed by atoms with Gasteiger partial charge >= 0.3 is 0 Å². The van der Waals surface area contributed by atoms with Crippen LogP contribution in [0.3, 0.4) is 0 Å². The Hall–Kier alpha value is -2.69. The Balaban J connectivity index is 2.14. The van der Waals surface area contributed by atoms with E-state index < -0.39 is 6.10 Å². The molecule has 0 bridgehead atoms. The summed E-state index contributed by atoms with van der Waals surface area (Å²) in [5, 5.41) is 3.11. The molecule has 0 spiro atoms. The lowest BCUT2D eigenvalue weighted by Crippen LogP contribution is -2.39. The highest BCUT2D eigenvalue weighted by atomic mass is 16.5. The number of carbonyl (C=O) groups is 1. The number of ether oxygens (including phenoxy) is 3. The molecule has 2 rings (SSSR count). The maximum absolute atomic E-state index is 12.9. The molecule has 0 saturated carbocycles. The van der Waals surface area contributed by atoms with Gasteiger partial charge in [-0.15, -0.1) is 0 Å². The minimum Gasteiger partial charge on any atom is -0.497 e. The van der Waals surface area contributed by atoms with Crippen LogP contribution in [0.2, 0.25) is 0 Å². The van der Waals surface area contributed by atoms with Crippen LogP contribution in [-0.4, -0.2) is 26.2 Å². The van der Waals surface area contributed by atoms with Gasteiger partial charge in [0.05, 0.1) is 20.3 Å². The molecule has 2 aromatic carbocycles. The SMILES string of the molecule is CCC(Oc1ccc(OC)cc1)C(=O)NC(C)c1cc(C(C)C)c(OC)cc1C. The lowest BCUT2D eigenvalue weighted by Gasteiger charge is -2.23. The van der Waals surface area contributed by atoms with Crippen molar-refractivity contribution in [3.63, 3.8) is 0 Å². The summed E-state index contributed by atoms with van der Waals surface area (Å²) >= 11 is 0. The van der Waals surface area contributed by atoms with E-state index in [0.717, 1.165) is 28.2 Å². The van der Waals surface area contributed by atoms with E-state index in [4.69, 9.17) is 14.2 Å². The van der Waals surface area contributed by atoms with E-state index in [0.29, 0.717) is 18.1 Å². The van der Waals surface area contributed by atoms with E-state index >= 15 is 0 Å². The number of carbonyl (C=O) groups excluding carboxylic acids is 1. The third kappa shape index (κ3) is 5.66. The van der Waals surface area contributed by atoms with Crippen LogP contribution in [0.5, 0.6) is 17.2 Å². The largest absolute Gasteiger partial charge is 0.497 e. The molecule has 0 radical (unpaired) electrons. The maximum atomic E-state index is 12.9. The molecule has 0 aliphatic carbocycles. The van der Waals surface area contributed by atoms with E-state index in [2.05, 4.69) is 25.2 Å². The third-order valence-corrected chi connectivity index (χ3v) is 5.07. The second kappa shape index (κ2) is 10.2. The normalized spacial score (nSPS) is 13.0. The van der Waals surface area contributed by atoms with Crippen LogP contribution >= 0.6 is 0 Å². The predicted molar refractivity (Wildman–Crippen MR) is 116 cm³/mol. The number of hydrogen-bond acceptors (Lipinski definition) is 4. The second-order valence-electron chi connectivity index (χ2n) is 7.53. The molecule has 29 heavy (non-hydrogen) atoms. The summed E-state index contributed by atoms with van der Waals surface area (Å²) in [6.45, 7) is 10.2. The Labute approximate surface area is 174 Å². The first-order valence-corrected chi connectivity index (χ1v) is 10.1. The van der Waals surface area contributed by atoms with Gasteiger partial charge in [-0.25, -0.2) is 0 Å². The van der Waals surface area contributed by atoms with Crippen LogP contribution < -0.4 is 19.5 Å². The zero-order valence-electron chi connectivity index (χ0n) is 18.5. The molecule has 1 amide bonds. The van der Waals surface area contributed by atoms with Crippen LogP contribution in [0.4, 0.5) is 0 Å². The van der Waals surface area contributed by atoms with Crippen LogP contribution in [0.15, 0.2) is 36.4 Å². The van der Waals surface area contributed by atoms with E-state index in [1.54, 1.807) is 26.4 Å². The molecule has 0 aliphatic rings. The summed E-state index contributed by atoms with van der Waals surface area (Å²) in [4.78, 5) is 12.9. The molecule has 0 aromatic heterocycles. The van der Waals surface area contributed by atoms with Gasteiger partial charge < -0.3 is 19.5 Å². The van der Waals surface area contributed by atoms with Gasteiger partial charge in [-0.1, -0.05) is 20.8 Å². The van der Waals surface area contributed by atoms with Crippen molar-refractivity contribution in [2.75, 3.05) is 14.2 Å². The molecule has 2 aromatic rings. The number of methoxy groups -OCH3 is 2. The highest BCUT2D eigenvalue weighted by Crippen LogP contribution is 2.32. The van der Waals surface area contributed by atoms with E-state index in [9.17, 15) is 4.79 Å². The van der Waals surface area contributed by atoms with Crippen molar-refractivity contribution in [1.82, 2.24) is 5.32 Å². The summed E-state index contributed by atoms with van der Waals surface area (Å²) in [7, 11) is 3.30. The van der Waals surface area contributed by atoms with Crippen LogP contribution in [0.25, 0.3) is 0 Å². The molecule has 158 valence electrons. The molecule has 0 aliphatic heterocycles. The number of aryl methyl sites for hydroxylation is 1. The summed E-state index contributed by atoms with van der Waals surface area (Å²) in [5.74, 6) is 2.47. The molecular weight excluding hydrogens is 366 g/mol. The number of hydrogen-bond donors (Lipinski definition) is 1. The summed E-state index contributed by atoms with van der Waals surface area (Å²) in [6, 6.07) is 11.3. The lowest BCUT2D eigenvalue weighted by atomic mass is 9.93. The Morgan fingerprint density at radius 1 is 0.966 bits per heavy atom. The molecule has 2 atom stereocenters. The molecule has 5 heteroatoms. The third-order valence-electron chi connectivity index (χ3n) is 5.07. The number of nitrogens with one attached hydrogen (secondary N) is 1. The average molecular weight is 400 g/mol. The van der Waals surface area contributed by atoms with Gasteiger partial charge in [0.2, 0.25) is 0 Å². The van der Waals surface area contributed by atoms with Crippen LogP contribution in [0.1, 0.15) is 62.8 Å². The number of benzene rings is 2. The van der Waals surface area contributed by atoms with Crippen LogP contribution in [-0.2, 0) is 4.79 Å². The van der Waals surface area contributed by atoms with Gasteiger partial charge in [-0.3, -0.25) is 4.79 Å². The minimum atomic E-state index is -0.561. The van der Waals surface area contributed by atoms with Crippen molar-refractivity contribution in [2.45, 2.75) is 59.1 Å². The van der Waals surface area contributed by atoms with E-state index in [1.807, 2.05) is 39.0 Å². The Kier molecular flexibility index (Phi) is 7.94. The fourth-order valence-corrected chi connectivity index (χ4v) is 3.34. The van der Waals surface area contributed by atoms with Crippen molar-refractivity contribution in [1.29, 1.82) is 0 Å². The van der Waals surface area contributed by atoms with Crippen molar-refractivity contribution in [2.24, 2.45) is 0 Å². The van der Waals surface area contributed by atoms with Gasteiger partial charge in [0.1, 0.15) is 17.2 Å². The highest BCUT2D eigenvalue weighted by Gasteiger charge is 2.22. The molecule has 0 fully saturated rings. The van der Waals surface area contributed by atoms with Crippen LogP contribution in [0, 0.1) is 6.92 Å². The van der Waals surface area contributed by atoms with Gasteiger partial charge in [0.15, 0.2) is 6.10 Å². The Morgan fingerprint density at radius 3 is 2.10 bits per heavy atom. The monoisotopic (exact) mass is 399 g/mol. The van der Waals surface area contributed by atoms with Crippen molar-refractivity contribution in [3.8, 4) is 17.2 Å². The van der Waals surface area contributed by atoms with E-state index in [1.165, 1.54) is 0 Å². The highest BCUT2D eigenvalue weighted by molar-refractivity contribution is 5.81. The first-order chi connectivity index (χ1) is 13.8. The molecule has 1 N–H and O–H groups in total. The van der Waals surface area contributed by atoms with Gasteiger partial charge in [-0.2, -0.15) is 0 Å². The van der Waals surface area contributed by atoms with Gasteiger partial charge in [-0.05, 0) is 79.3 Å². The average Bonchev–Trinajstić information content (AvgIpc) is 2.71. The standard InChI is InChI=1S/C24H33NO4/c1-8-22(29-19-11-9-18(27-6)10-12-19)24(26)25-17(5)21-14-20(15(2)3)23(28-7)13-16(21)4/h9-15,17,22H,8H2,1-7H3,(H,25,26). The number of rotatable bonds is 9. The van der Waals surface area contributed by atoms with Crippen molar-refractivity contribution < 1.29 is 19.0 Å². The summed E-state index contributed by atoms with van der Waals surface area (Å²) in [6.07, 6.45) is 0.0117. The first-order valence-electron chi connectivity index (χ1n) is 10.1. The smallest absolute Gasteiger partial charge is 0.261 e. The predicted octanol–water partition coefficient (Wildman–Crippen LogP) is 5.17. The summed E-state index contributed by atoms with van der Waals surface area (Å²) in [5.41, 5.74) is 3.31. The zero-order chi connectivity index (χ0) is 21.6.